The first-order valence-electron chi connectivity index (χ1n) is 5.42. The molecule has 1 aliphatic heterocycles. The Bertz CT molecular complexity index is 529. The van der Waals surface area contributed by atoms with Crippen LogP contribution in [0.1, 0.15) is 16.7 Å². The lowest BCUT2D eigenvalue weighted by atomic mass is 10.0. The zero-order chi connectivity index (χ0) is 11.8. The molecule has 1 aliphatic rings. The summed E-state index contributed by atoms with van der Waals surface area (Å²) in [6, 6.07) is 12.6. The number of hydrogen-bond donors (Lipinski definition) is 0. The van der Waals surface area contributed by atoms with Gasteiger partial charge in [0, 0.05) is 20.1 Å². The van der Waals surface area contributed by atoms with E-state index in [1.54, 1.807) is 0 Å². The van der Waals surface area contributed by atoms with Crippen LogP contribution in [0, 0.1) is 0 Å². The number of hydrogen-bond acceptors (Lipinski definition) is 1. The van der Waals surface area contributed by atoms with Crippen molar-refractivity contribution in [2.75, 3.05) is 0 Å². The van der Waals surface area contributed by atoms with Crippen LogP contribution in [0.4, 0.5) is 0 Å². The molecule has 0 spiro atoms. The van der Waals surface area contributed by atoms with Gasteiger partial charge in [-0.2, -0.15) is 0 Å². The van der Waals surface area contributed by atoms with Crippen LogP contribution in [-0.2, 0) is 12.2 Å². The summed E-state index contributed by atoms with van der Waals surface area (Å²) in [6.45, 7) is 0. The monoisotopic (exact) mass is 324 g/mol. The first-order valence-corrected chi connectivity index (χ1v) is 7.58. The molecule has 0 fully saturated rings. The number of rotatable bonds is 0. The Kier molecular flexibility index (Phi) is 3.20. The normalized spacial score (nSPS) is 13.8. The van der Waals surface area contributed by atoms with Gasteiger partial charge in [-0.05, 0) is 51.2 Å². The summed E-state index contributed by atoms with van der Waals surface area (Å²) in [6.07, 6.45) is 0.970. The average molecular weight is 326 g/mol. The maximum atomic E-state index is 6.27. The Morgan fingerprint density at radius 3 is 2.71 bits per heavy atom. The summed E-state index contributed by atoms with van der Waals surface area (Å²) in [5.74, 6) is 0.949. The van der Waals surface area contributed by atoms with Gasteiger partial charge in [-0.1, -0.05) is 35.9 Å². The maximum absolute atomic E-state index is 6.27. The predicted octanol–water partition coefficient (Wildman–Crippen LogP) is 5.30. The van der Waals surface area contributed by atoms with Gasteiger partial charge in [-0.15, -0.1) is 11.8 Å². The Labute approximate surface area is 119 Å². The quantitative estimate of drug-likeness (QED) is 0.633. The third-order valence-corrected chi connectivity index (χ3v) is 5.49. The molecule has 1 heterocycles. The van der Waals surface area contributed by atoms with E-state index in [2.05, 4.69) is 40.2 Å². The van der Waals surface area contributed by atoms with Crippen molar-refractivity contribution < 1.29 is 0 Å². The van der Waals surface area contributed by atoms with Crippen molar-refractivity contribution in [3.8, 4) is 0 Å². The van der Waals surface area contributed by atoms with Gasteiger partial charge in [0.1, 0.15) is 0 Å². The van der Waals surface area contributed by atoms with Crippen LogP contribution in [0.15, 0.2) is 45.8 Å². The molecule has 0 N–H and O–H groups in total. The molecule has 0 atom stereocenters. The molecular formula is C14H10BrClS. The molecule has 2 aromatic carbocycles. The Morgan fingerprint density at radius 2 is 1.82 bits per heavy atom. The first-order chi connectivity index (χ1) is 8.25. The van der Waals surface area contributed by atoms with E-state index < -0.39 is 0 Å². The molecule has 0 aromatic heterocycles. The van der Waals surface area contributed by atoms with Gasteiger partial charge >= 0.3 is 0 Å². The third-order valence-electron chi connectivity index (χ3n) is 3.01. The number of thioether (sulfide) groups is 1. The Hall–Kier alpha value is -0.440. The molecule has 2 aromatic rings. The molecule has 0 saturated heterocycles. The third kappa shape index (κ3) is 2.14. The minimum Gasteiger partial charge on any atom is -0.120 e. The highest BCUT2D eigenvalue weighted by Crippen LogP contribution is 2.39. The molecule has 0 nitrogen and oxygen atoms in total. The molecule has 3 heteroatoms. The summed E-state index contributed by atoms with van der Waals surface area (Å²) in [5, 5.41) is 0.888. The molecule has 0 unspecified atom stereocenters. The van der Waals surface area contributed by atoms with Crippen LogP contribution < -0.4 is 0 Å². The van der Waals surface area contributed by atoms with Gasteiger partial charge in [0.05, 0.1) is 0 Å². The van der Waals surface area contributed by atoms with Crippen LogP contribution in [0.25, 0.3) is 0 Å². The summed E-state index contributed by atoms with van der Waals surface area (Å²) >= 11 is 11.8. The highest BCUT2D eigenvalue weighted by atomic mass is 79.9. The van der Waals surface area contributed by atoms with E-state index in [0.717, 1.165) is 17.2 Å². The van der Waals surface area contributed by atoms with E-state index in [0.29, 0.717) is 0 Å². The maximum Gasteiger partial charge on any atom is 0.0449 e. The second kappa shape index (κ2) is 4.68. The van der Waals surface area contributed by atoms with Crippen molar-refractivity contribution in [1.29, 1.82) is 0 Å². The van der Waals surface area contributed by atoms with Gasteiger partial charge in [0.25, 0.3) is 0 Å². The SMILES string of the molecule is Clc1cccc2c1CSc1c(Br)cccc1C2. The zero-order valence-electron chi connectivity index (χ0n) is 9.04. The van der Waals surface area contributed by atoms with E-state index >= 15 is 0 Å². The number of halogens is 2. The molecule has 0 aliphatic carbocycles. The van der Waals surface area contributed by atoms with Gasteiger partial charge < -0.3 is 0 Å². The first kappa shape index (κ1) is 11.6. The molecule has 3 rings (SSSR count). The average Bonchev–Trinajstić information content (AvgIpc) is 2.50. The fourth-order valence-corrected chi connectivity index (χ4v) is 4.39. The van der Waals surface area contributed by atoms with Crippen molar-refractivity contribution in [3.63, 3.8) is 0 Å². The second-order valence-electron chi connectivity index (χ2n) is 4.07. The summed E-state index contributed by atoms with van der Waals surface area (Å²) in [4.78, 5) is 1.35. The van der Waals surface area contributed by atoms with Crippen molar-refractivity contribution in [2.45, 2.75) is 17.1 Å². The molecule has 0 bridgehead atoms. The van der Waals surface area contributed by atoms with Crippen molar-refractivity contribution in [3.05, 3.63) is 62.6 Å². The van der Waals surface area contributed by atoms with Crippen LogP contribution in [0.5, 0.6) is 0 Å². The standard InChI is InChI=1S/C14H10BrClS/c15-12-5-1-4-10-7-9-3-2-6-13(16)11(9)8-17-14(10)12/h1-6H,7-8H2. The smallest absolute Gasteiger partial charge is 0.0449 e. The highest BCUT2D eigenvalue weighted by Gasteiger charge is 2.17. The van der Waals surface area contributed by atoms with Crippen molar-refractivity contribution in [1.82, 2.24) is 0 Å². The van der Waals surface area contributed by atoms with E-state index in [1.165, 1.54) is 26.1 Å². The van der Waals surface area contributed by atoms with E-state index in [9.17, 15) is 0 Å². The van der Waals surface area contributed by atoms with Gasteiger partial charge in [0.2, 0.25) is 0 Å². The lowest BCUT2D eigenvalue weighted by Gasteiger charge is -2.06. The van der Waals surface area contributed by atoms with Gasteiger partial charge in [-0.25, -0.2) is 0 Å². The van der Waals surface area contributed by atoms with Crippen molar-refractivity contribution >= 4 is 39.3 Å². The largest absolute Gasteiger partial charge is 0.120 e. The predicted molar refractivity (Wildman–Crippen MR) is 78.0 cm³/mol. The number of fused-ring (bicyclic) bond motifs is 2. The number of benzene rings is 2. The molecule has 17 heavy (non-hydrogen) atoms. The minimum atomic E-state index is 0.888. The van der Waals surface area contributed by atoms with Crippen molar-refractivity contribution in [2.24, 2.45) is 0 Å². The summed E-state index contributed by atoms with van der Waals surface area (Å²) in [7, 11) is 0. The lowest BCUT2D eigenvalue weighted by Crippen LogP contribution is -1.92. The topological polar surface area (TPSA) is 0 Å². The van der Waals surface area contributed by atoms with Crippen LogP contribution in [-0.4, -0.2) is 0 Å². The fraction of sp³-hybridized carbons (Fsp3) is 0.143. The molecule has 0 saturated carbocycles. The summed E-state index contributed by atoms with van der Waals surface area (Å²) in [5.41, 5.74) is 4.01. The van der Waals surface area contributed by atoms with Gasteiger partial charge in [-0.3, -0.25) is 0 Å². The van der Waals surface area contributed by atoms with E-state index in [4.69, 9.17) is 11.6 Å². The minimum absolute atomic E-state index is 0.888. The van der Waals surface area contributed by atoms with Crippen LogP contribution >= 0.6 is 39.3 Å². The summed E-state index contributed by atoms with van der Waals surface area (Å²) < 4.78 is 1.18. The fourth-order valence-electron chi connectivity index (χ4n) is 2.13. The van der Waals surface area contributed by atoms with E-state index in [1.807, 2.05) is 23.9 Å². The molecule has 0 radical (unpaired) electrons. The van der Waals surface area contributed by atoms with Gasteiger partial charge in [0.15, 0.2) is 0 Å². The highest BCUT2D eigenvalue weighted by molar-refractivity contribution is 9.10. The van der Waals surface area contributed by atoms with Crippen LogP contribution in [0.2, 0.25) is 5.02 Å². The Balaban J connectivity index is 2.14. The van der Waals surface area contributed by atoms with E-state index in [-0.39, 0.29) is 0 Å². The lowest BCUT2D eigenvalue weighted by molar-refractivity contribution is 1.11. The molecular weight excluding hydrogens is 316 g/mol. The Morgan fingerprint density at radius 1 is 1.06 bits per heavy atom. The van der Waals surface area contributed by atoms with Crippen LogP contribution in [0.3, 0.4) is 0 Å². The second-order valence-corrected chi connectivity index (χ2v) is 6.32. The molecule has 0 amide bonds. The molecule has 86 valence electrons. The zero-order valence-corrected chi connectivity index (χ0v) is 12.2.